The second-order valence-electron chi connectivity index (χ2n) is 7.23. The number of methoxy groups -OCH3 is 1. The van der Waals surface area contributed by atoms with Gasteiger partial charge in [0.05, 0.1) is 25.2 Å². The van der Waals surface area contributed by atoms with Crippen molar-refractivity contribution in [2.75, 3.05) is 12.4 Å². The van der Waals surface area contributed by atoms with Crippen molar-refractivity contribution in [3.05, 3.63) is 79.1 Å². The average Bonchev–Trinajstić information content (AvgIpc) is 3.32. The first kappa shape index (κ1) is 24.4. The number of rotatable bonds is 4. The number of H-pyrrole nitrogens is 1. The van der Waals surface area contributed by atoms with Crippen LogP contribution in [-0.4, -0.2) is 38.2 Å². The number of carbonyl (C=O) groups is 1. The number of amides is 2. The van der Waals surface area contributed by atoms with Gasteiger partial charge in [0.15, 0.2) is 0 Å². The van der Waals surface area contributed by atoms with E-state index in [4.69, 9.17) is 4.74 Å². The Labute approximate surface area is 199 Å². The largest absolute Gasteiger partial charge is 0.467 e. The minimum atomic E-state index is -0.110. The monoisotopic (exact) mass is 458 g/mol. The number of urea groups is 1. The molecule has 0 saturated heterocycles. The molecule has 0 fully saturated rings. The van der Waals surface area contributed by atoms with E-state index >= 15 is 0 Å². The quantitative estimate of drug-likeness (QED) is 0.368. The lowest BCUT2D eigenvalue weighted by Crippen LogP contribution is -2.40. The normalized spacial score (nSPS) is 12.9. The number of nitrogens with zero attached hydrogens (tertiary/aromatic N) is 4. The third-order valence-electron chi connectivity index (χ3n) is 5.46. The van der Waals surface area contributed by atoms with Crippen LogP contribution in [0.2, 0.25) is 0 Å². The maximum atomic E-state index is 12.8. The Kier molecular flexibility index (Phi) is 7.97. The van der Waals surface area contributed by atoms with Gasteiger partial charge in [-0.15, -0.1) is 13.2 Å². The molecule has 2 aromatic carbocycles. The average molecular weight is 459 g/mol. The predicted molar refractivity (Wildman–Crippen MR) is 136 cm³/mol. The highest BCUT2D eigenvalue weighted by Gasteiger charge is 2.28. The minimum absolute atomic E-state index is 0.0474. The number of hydrogen-bond donors (Lipinski definition) is 2. The van der Waals surface area contributed by atoms with Crippen LogP contribution in [0, 0.1) is 0 Å². The van der Waals surface area contributed by atoms with Gasteiger partial charge < -0.3 is 15.0 Å². The molecule has 1 atom stereocenters. The molecule has 0 spiro atoms. The lowest BCUT2D eigenvalue weighted by molar-refractivity contribution is 0.186. The van der Waals surface area contributed by atoms with Gasteiger partial charge in [-0.25, -0.2) is 14.8 Å². The first-order valence-electron chi connectivity index (χ1n) is 11.1. The van der Waals surface area contributed by atoms with E-state index in [1.807, 2.05) is 62.1 Å². The second-order valence-corrected chi connectivity index (χ2v) is 7.23. The fourth-order valence-electron chi connectivity index (χ4n) is 3.79. The van der Waals surface area contributed by atoms with E-state index in [1.54, 1.807) is 12.4 Å². The molecular weight excluding hydrogens is 428 g/mol. The van der Waals surface area contributed by atoms with E-state index in [-0.39, 0.29) is 12.1 Å². The van der Waals surface area contributed by atoms with Gasteiger partial charge in [-0.2, -0.15) is 5.10 Å². The van der Waals surface area contributed by atoms with Crippen LogP contribution >= 0.6 is 0 Å². The summed E-state index contributed by atoms with van der Waals surface area (Å²) >= 11 is 0. The van der Waals surface area contributed by atoms with Crippen molar-refractivity contribution in [3.63, 3.8) is 0 Å². The molecule has 2 aromatic heterocycles. The van der Waals surface area contributed by atoms with Crippen LogP contribution in [0.3, 0.4) is 0 Å². The van der Waals surface area contributed by atoms with E-state index < -0.39 is 0 Å². The van der Waals surface area contributed by atoms with Crippen LogP contribution in [0.25, 0.3) is 22.2 Å². The molecule has 2 amide bonds. The maximum absolute atomic E-state index is 12.8. The molecule has 8 heteroatoms. The Bertz CT molecular complexity index is 1240. The van der Waals surface area contributed by atoms with Gasteiger partial charge in [-0.3, -0.25) is 5.10 Å². The van der Waals surface area contributed by atoms with E-state index in [2.05, 4.69) is 44.7 Å². The molecule has 4 aromatic rings. The maximum Gasteiger partial charge on any atom is 0.322 e. The molecule has 8 nitrogen and oxygen atoms in total. The van der Waals surface area contributed by atoms with Crippen molar-refractivity contribution in [1.29, 1.82) is 0 Å². The Morgan fingerprint density at radius 1 is 1.09 bits per heavy atom. The van der Waals surface area contributed by atoms with E-state index in [0.717, 1.165) is 39.0 Å². The first-order valence-corrected chi connectivity index (χ1v) is 11.1. The molecule has 0 unspecified atom stereocenters. The van der Waals surface area contributed by atoms with Gasteiger partial charge in [-0.05, 0) is 30.2 Å². The Balaban J connectivity index is 0.000000771. The van der Waals surface area contributed by atoms with Gasteiger partial charge in [0, 0.05) is 29.0 Å². The van der Waals surface area contributed by atoms with Gasteiger partial charge in [0.25, 0.3) is 0 Å². The highest BCUT2D eigenvalue weighted by molar-refractivity contribution is 6.00. The number of nitrogens with one attached hydrogen (secondary N) is 2. The molecule has 1 aliphatic rings. The SMILES string of the molecule is C=C.CC.COc1ncc(-c2n[nH]c3cc4c(cc23)CN([C@H](C)c2ccccc2)C(=O)N4)cn1. The summed E-state index contributed by atoms with van der Waals surface area (Å²) in [4.78, 5) is 22.9. The van der Waals surface area contributed by atoms with Gasteiger partial charge in [0.1, 0.15) is 5.69 Å². The van der Waals surface area contributed by atoms with Gasteiger partial charge in [0.2, 0.25) is 0 Å². The summed E-state index contributed by atoms with van der Waals surface area (Å²) in [6, 6.07) is 14.2. The fourth-order valence-corrected chi connectivity index (χ4v) is 3.79. The highest BCUT2D eigenvalue weighted by atomic mass is 16.5. The topological polar surface area (TPSA) is 96.0 Å². The molecule has 0 saturated carbocycles. The summed E-state index contributed by atoms with van der Waals surface area (Å²) in [5, 5.41) is 11.4. The third-order valence-corrected chi connectivity index (χ3v) is 5.46. The number of fused-ring (bicyclic) bond motifs is 2. The van der Waals surface area contributed by atoms with Crippen LogP contribution in [0.15, 0.2) is 68.0 Å². The third kappa shape index (κ3) is 4.76. The summed E-state index contributed by atoms with van der Waals surface area (Å²) in [5.41, 5.74) is 5.31. The molecule has 1 aliphatic heterocycles. The number of benzene rings is 2. The van der Waals surface area contributed by atoms with Crippen LogP contribution in [-0.2, 0) is 6.54 Å². The predicted octanol–water partition coefficient (Wildman–Crippen LogP) is 5.97. The van der Waals surface area contributed by atoms with Crippen molar-refractivity contribution in [3.8, 4) is 17.3 Å². The number of hydrogen-bond acceptors (Lipinski definition) is 5. The van der Waals surface area contributed by atoms with E-state index in [9.17, 15) is 4.79 Å². The Hall–Kier alpha value is -4.20. The number of aromatic amines is 1. The van der Waals surface area contributed by atoms with Crippen molar-refractivity contribution in [2.45, 2.75) is 33.4 Å². The lowest BCUT2D eigenvalue weighted by atomic mass is 10.0. The molecule has 0 aliphatic carbocycles. The lowest BCUT2D eigenvalue weighted by Gasteiger charge is -2.34. The molecule has 176 valence electrons. The zero-order valence-electron chi connectivity index (χ0n) is 20.0. The molecular formula is C26H30N6O2. The molecule has 34 heavy (non-hydrogen) atoms. The zero-order valence-corrected chi connectivity index (χ0v) is 20.0. The number of aromatic nitrogens is 4. The Morgan fingerprint density at radius 3 is 2.41 bits per heavy atom. The summed E-state index contributed by atoms with van der Waals surface area (Å²) in [7, 11) is 1.53. The summed E-state index contributed by atoms with van der Waals surface area (Å²) in [6.45, 7) is 12.5. The molecule has 0 radical (unpaired) electrons. The van der Waals surface area contributed by atoms with Crippen LogP contribution in [0.1, 0.15) is 37.9 Å². The number of anilines is 1. The Morgan fingerprint density at radius 2 is 1.76 bits per heavy atom. The van der Waals surface area contributed by atoms with E-state index in [0.29, 0.717) is 12.6 Å². The van der Waals surface area contributed by atoms with Crippen LogP contribution in [0.5, 0.6) is 6.01 Å². The van der Waals surface area contributed by atoms with Crippen molar-refractivity contribution < 1.29 is 9.53 Å². The van der Waals surface area contributed by atoms with E-state index in [1.165, 1.54) is 7.11 Å². The molecule has 2 N–H and O–H groups in total. The second kappa shape index (κ2) is 11.1. The first-order chi connectivity index (χ1) is 16.6. The fraction of sp³-hybridized carbons (Fsp3) is 0.231. The number of carbonyl (C=O) groups excluding carboxylic acids is 1. The van der Waals surface area contributed by atoms with Crippen molar-refractivity contribution >= 4 is 22.6 Å². The minimum Gasteiger partial charge on any atom is -0.467 e. The van der Waals surface area contributed by atoms with Crippen molar-refractivity contribution in [1.82, 2.24) is 25.1 Å². The highest BCUT2D eigenvalue weighted by Crippen LogP contribution is 2.35. The summed E-state index contributed by atoms with van der Waals surface area (Å²) in [5.74, 6) is 0. The van der Waals surface area contributed by atoms with Crippen LogP contribution < -0.4 is 10.1 Å². The molecule has 5 rings (SSSR count). The van der Waals surface area contributed by atoms with Crippen molar-refractivity contribution in [2.24, 2.45) is 0 Å². The molecule has 3 heterocycles. The zero-order chi connectivity index (χ0) is 24.7. The van der Waals surface area contributed by atoms with Gasteiger partial charge in [-0.1, -0.05) is 44.2 Å². The molecule has 0 bridgehead atoms. The number of ether oxygens (including phenoxy) is 1. The standard InChI is InChI=1S/C22H20N6O2.C2H6.C2H4/c1-13(14-6-4-3-5-7-14)28-12-15-8-17-19(9-18(15)25-22(28)29)26-27-20(17)16-10-23-21(30-2)24-11-16;2*1-2/h3-11,13H,12H2,1-2H3,(H,25,29)(H,26,27);1-2H3;1-2H2/t13-;;/m1../s1. The smallest absolute Gasteiger partial charge is 0.322 e. The summed E-state index contributed by atoms with van der Waals surface area (Å²) < 4.78 is 5.03. The summed E-state index contributed by atoms with van der Waals surface area (Å²) in [6.07, 6.45) is 3.37. The van der Waals surface area contributed by atoms with Gasteiger partial charge >= 0.3 is 12.0 Å². The van der Waals surface area contributed by atoms with Crippen LogP contribution in [0.4, 0.5) is 10.5 Å².